The van der Waals surface area contributed by atoms with E-state index in [-0.39, 0.29) is 0 Å². The van der Waals surface area contributed by atoms with Gasteiger partial charge in [-0.2, -0.15) is 0 Å². The number of allylic oxidation sites excluding steroid dienone is 1. The summed E-state index contributed by atoms with van der Waals surface area (Å²) in [6.07, 6.45) is 3.14. The molecular formula is C26H28O. The first kappa shape index (κ1) is 19.0. The molecule has 0 saturated carbocycles. The fourth-order valence-electron chi connectivity index (χ4n) is 3.07. The smallest absolute Gasteiger partial charge is 0.119 e. The first-order chi connectivity index (χ1) is 13.2. The second kappa shape index (κ2) is 9.23. The summed E-state index contributed by atoms with van der Waals surface area (Å²) < 4.78 is 5.65. The Kier molecular flexibility index (Phi) is 6.49. The molecular weight excluding hydrogens is 328 g/mol. The second-order valence-electron chi connectivity index (χ2n) is 7.05. The van der Waals surface area contributed by atoms with E-state index < -0.39 is 0 Å². The Bertz CT molecular complexity index is 856. The number of hydrogen-bond donors (Lipinski definition) is 0. The minimum atomic E-state index is 0.768. The Labute approximate surface area is 163 Å². The number of hydrogen-bond acceptors (Lipinski definition) is 1. The first-order valence-corrected chi connectivity index (χ1v) is 9.72. The van der Waals surface area contributed by atoms with E-state index in [4.69, 9.17) is 4.74 Å². The third-order valence-electron chi connectivity index (χ3n) is 4.76. The number of rotatable bonds is 8. The van der Waals surface area contributed by atoms with Gasteiger partial charge in [0.05, 0.1) is 6.61 Å². The summed E-state index contributed by atoms with van der Waals surface area (Å²) in [6, 6.07) is 26.0. The molecule has 0 amide bonds. The summed E-state index contributed by atoms with van der Waals surface area (Å²) in [5.74, 6) is 0.940. The maximum Gasteiger partial charge on any atom is 0.119 e. The molecule has 0 aromatic heterocycles. The van der Waals surface area contributed by atoms with Crippen molar-refractivity contribution in [3.8, 4) is 16.9 Å². The summed E-state index contributed by atoms with van der Waals surface area (Å²) >= 11 is 0. The second-order valence-corrected chi connectivity index (χ2v) is 7.05. The maximum atomic E-state index is 5.65. The molecule has 0 heterocycles. The van der Waals surface area contributed by atoms with Crippen molar-refractivity contribution in [2.75, 3.05) is 6.61 Å². The zero-order chi connectivity index (χ0) is 19.1. The maximum absolute atomic E-state index is 5.65. The largest absolute Gasteiger partial charge is 0.494 e. The van der Waals surface area contributed by atoms with Crippen LogP contribution in [0.5, 0.6) is 5.75 Å². The van der Waals surface area contributed by atoms with Crippen LogP contribution in [-0.2, 0) is 12.8 Å². The van der Waals surface area contributed by atoms with Crippen molar-refractivity contribution < 1.29 is 4.74 Å². The summed E-state index contributed by atoms with van der Waals surface area (Å²) in [5, 5.41) is 0. The SMILES string of the molecule is C=C(C)c1ccc(CCc2ccc(-c3ccc(OCCC)cc3)cc2)cc1. The van der Waals surface area contributed by atoms with E-state index in [1.165, 1.54) is 27.8 Å². The highest BCUT2D eigenvalue weighted by molar-refractivity contribution is 5.64. The quantitative estimate of drug-likeness (QED) is 0.424. The zero-order valence-corrected chi connectivity index (χ0v) is 16.4. The van der Waals surface area contributed by atoms with Gasteiger partial charge in [0.25, 0.3) is 0 Å². The highest BCUT2D eigenvalue weighted by atomic mass is 16.5. The van der Waals surface area contributed by atoms with Gasteiger partial charge in [-0.15, -0.1) is 0 Å². The van der Waals surface area contributed by atoms with Crippen LogP contribution in [0.3, 0.4) is 0 Å². The van der Waals surface area contributed by atoms with Gasteiger partial charge in [-0.25, -0.2) is 0 Å². The van der Waals surface area contributed by atoms with Crippen LogP contribution < -0.4 is 4.74 Å². The van der Waals surface area contributed by atoms with Crippen molar-refractivity contribution in [1.82, 2.24) is 0 Å². The van der Waals surface area contributed by atoms with Gasteiger partial charge in [0.2, 0.25) is 0 Å². The van der Waals surface area contributed by atoms with Gasteiger partial charge in [0.1, 0.15) is 5.75 Å². The van der Waals surface area contributed by atoms with Crippen LogP contribution in [0, 0.1) is 0 Å². The molecule has 0 N–H and O–H groups in total. The average molecular weight is 357 g/mol. The normalized spacial score (nSPS) is 10.6. The Hall–Kier alpha value is -2.80. The molecule has 3 aromatic rings. The van der Waals surface area contributed by atoms with Gasteiger partial charge in [-0.1, -0.05) is 79.7 Å². The molecule has 1 nitrogen and oxygen atoms in total. The van der Waals surface area contributed by atoms with E-state index in [1.807, 2.05) is 19.1 Å². The van der Waals surface area contributed by atoms with E-state index in [9.17, 15) is 0 Å². The van der Waals surface area contributed by atoms with E-state index in [2.05, 4.69) is 74.2 Å². The zero-order valence-electron chi connectivity index (χ0n) is 16.4. The third kappa shape index (κ3) is 5.34. The molecule has 0 aliphatic rings. The molecule has 0 radical (unpaired) electrons. The molecule has 27 heavy (non-hydrogen) atoms. The lowest BCUT2D eigenvalue weighted by Gasteiger charge is -2.08. The lowest BCUT2D eigenvalue weighted by atomic mass is 9.99. The van der Waals surface area contributed by atoms with Gasteiger partial charge in [-0.3, -0.25) is 0 Å². The monoisotopic (exact) mass is 356 g/mol. The van der Waals surface area contributed by atoms with Gasteiger partial charge >= 0.3 is 0 Å². The van der Waals surface area contributed by atoms with Gasteiger partial charge in [0.15, 0.2) is 0 Å². The van der Waals surface area contributed by atoms with E-state index in [0.717, 1.165) is 37.2 Å². The molecule has 0 atom stereocenters. The van der Waals surface area contributed by atoms with Crippen LogP contribution in [0.25, 0.3) is 16.7 Å². The van der Waals surface area contributed by atoms with Crippen molar-refractivity contribution in [2.24, 2.45) is 0 Å². The lowest BCUT2D eigenvalue weighted by Crippen LogP contribution is -1.94. The van der Waals surface area contributed by atoms with E-state index in [0.29, 0.717) is 0 Å². The lowest BCUT2D eigenvalue weighted by molar-refractivity contribution is 0.317. The predicted molar refractivity (Wildman–Crippen MR) is 116 cm³/mol. The summed E-state index contributed by atoms with van der Waals surface area (Å²) in [4.78, 5) is 0. The number of aryl methyl sites for hydroxylation is 2. The Morgan fingerprint density at radius 1 is 0.741 bits per heavy atom. The summed E-state index contributed by atoms with van der Waals surface area (Å²) in [7, 11) is 0. The highest BCUT2D eigenvalue weighted by Gasteiger charge is 2.01. The Morgan fingerprint density at radius 3 is 1.70 bits per heavy atom. The molecule has 0 saturated heterocycles. The highest BCUT2D eigenvalue weighted by Crippen LogP contribution is 2.23. The van der Waals surface area contributed by atoms with Gasteiger partial charge in [-0.05, 0) is 66.1 Å². The minimum Gasteiger partial charge on any atom is -0.494 e. The number of ether oxygens (including phenoxy) is 1. The van der Waals surface area contributed by atoms with Crippen LogP contribution in [0.15, 0.2) is 79.4 Å². The fourth-order valence-corrected chi connectivity index (χ4v) is 3.07. The standard InChI is InChI=1S/C26H28O/c1-4-19-27-26-17-15-25(16-18-26)24-13-9-22(10-14-24)6-5-21-7-11-23(12-8-21)20(2)3/h7-18H,2,4-6,19H2,1,3H3. The van der Waals surface area contributed by atoms with Crippen molar-refractivity contribution >= 4 is 5.57 Å². The predicted octanol–water partition coefficient (Wildman–Crippen LogP) is 6.96. The first-order valence-electron chi connectivity index (χ1n) is 9.72. The summed E-state index contributed by atoms with van der Waals surface area (Å²) in [6.45, 7) is 8.92. The fraction of sp³-hybridized carbons (Fsp3) is 0.231. The summed E-state index contributed by atoms with van der Waals surface area (Å²) in [5.41, 5.74) is 7.53. The Balaban J connectivity index is 1.59. The topological polar surface area (TPSA) is 9.23 Å². The molecule has 0 aliphatic carbocycles. The van der Waals surface area contributed by atoms with Crippen LogP contribution in [0.1, 0.15) is 37.0 Å². The third-order valence-corrected chi connectivity index (χ3v) is 4.76. The van der Waals surface area contributed by atoms with Crippen LogP contribution in [0.2, 0.25) is 0 Å². The van der Waals surface area contributed by atoms with Crippen LogP contribution >= 0.6 is 0 Å². The molecule has 0 spiro atoms. The van der Waals surface area contributed by atoms with E-state index in [1.54, 1.807) is 0 Å². The molecule has 138 valence electrons. The Morgan fingerprint density at radius 2 is 1.22 bits per heavy atom. The molecule has 0 bridgehead atoms. The molecule has 3 rings (SSSR count). The van der Waals surface area contributed by atoms with Crippen molar-refractivity contribution in [3.63, 3.8) is 0 Å². The van der Waals surface area contributed by atoms with E-state index >= 15 is 0 Å². The molecule has 1 heteroatoms. The van der Waals surface area contributed by atoms with Gasteiger partial charge in [0, 0.05) is 0 Å². The average Bonchev–Trinajstić information content (AvgIpc) is 2.72. The van der Waals surface area contributed by atoms with Crippen molar-refractivity contribution in [1.29, 1.82) is 0 Å². The van der Waals surface area contributed by atoms with Crippen molar-refractivity contribution in [3.05, 3.63) is 96.1 Å². The molecule has 0 fully saturated rings. The van der Waals surface area contributed by atoms with Crippen LogP contribution in [0.4, 0.5) is 0 Å². The molecule has 0 aliphatic heterocycles. The molecule has 3 aromatic carbocycles. The van der Waals surface area contributed by atoms with Crippen molar-refractivity contribution in [2.45, 2.75) is 33.1 Å². The van der Waals surface area contributed by atoms with Gasteiger partial charge < -0.3 is 4.74 Å². The van der Waals surface area contributed by atoms with Crippen LogP contribution in [-0.4, -0.2) is 6.61 Å². The minimum absolute atomic E-state index is 0.768. The molecule has 0 unspecified atom stereocenters. The number of benzene rings is 3.